The maximum Gasteiger partial charge on any atom is 0.251 e. The van der Waals surface area contributed by atoms with Crippen LogP contribution >= 0.6 is 0 Å². The van der Waals surface area contributed by atoms with Gasteiger partial charge in [-0.15, -0.1) is 0 Å². The third-order valence-corrected chi connectivity index (χ3v) is 2.67. The summed E-state index contributed by atoms with van der Waals surface area (Å²) in [6.07, 6.45) is 2.78. The van der Waals surface area contributed by atoms with E-state index in [1.807, 2.05) is 6.07 Å². The van der Waals surface area contributed by atoms with Crippen LogP contribution in [0.2, 0.25) is 0 Å². The highest BCUT2D eigenvalue weighted by Crippen LogP contribution is 2.14. The van der Waals surface area contributed by atoms with Gasteiger partial charge in [-0.1, -0.05) is 25.8 Å². The van der Waals surface area contributed by atoms with Crippen LogP contribution in [0.25, 0.3) is 0 Å². The van der Waals surface area contributed by atoms with Gasteiger partial charge in [-0.05, 0) is 31.5 Å². The SMILES string of the molecule is CCCCCOc1cccc(C(=O)NCC(C)O)c1. The summed E-state index contributed by atoms with van der Waals surface area (Å²) in [7, 11) is 0. The van der Waals surface area contributed by atoms with E-state index in [4.69, 9.17) is 9.84 Å². The van der Waals surface area contributed by atoms with Gasteiger partial charge in [0.2, 0.25) is 0 Å². The molecule has 1 aromatic rings. The highest BCUT2D eigenvalue weighted by molar-refractivity contribution is 5.94. The predicted octanol–water partition coefficient (Wildman–Crippen LogP) is 2.37. The lowest BCUT2D eigenvalue weighted by Gasteiger charge is -2.09. The largest absolute Gasteiger partial charge is 0.494 e. The number of nitrogens with one attached hydrogen (secondary N) is 1. The van der Waals surface area contributed by atoms with E-state index < -0.39 is 6.10 Å². The number of amides is 1. The second kappa shape index (κ2) is 8.53. The summed E-state index contributed by atoms with van der Waals surface area (Å²) in [5.74, 6) is 0.515. The Bertz CT molecular complexity index is 391. The lowest BCUT2D eigenvalue weighted by Crippen LogP contribution is -2.30. The molecule has 19 heavy (non-hydrogen) atoms. The van der Waals surface area contributed by atoms with E-state index in [9.17, 15) is 4.79 Å². The maximum atomic E-state index is 11.8. The number of unbranched alkanes of at least 4 members (excludes halogenated alkanes) is 2. The second-order valence-electron chi connectivity index (χ2n) is 4.64. The van der Waals surface area contributed by atoms with Crippen molar-refractivity contribution < 1.29 is 14.6 Å². The zero-order valence-corrected chi connectivity index (χ0v) is 11.7. The number of hydrogen-bond donors (Lipinski definition) is 2. The Kier molecular flexibility index (Phi) is 6.97. The number of rotatable bonds is 8. The van der Waals surface area contributed by atoms with Crippen LogP contribution in [-0.4, -0.2) is 30.3 Å². The van der Waals surface area contributed by atoms with Crippen molar-refractivity contribution in [2.24, 2.45) is 0 Å². The molecule has 106 valence electrons. The molecule has 0 bridgehead atoms. The van der Waals surface area contributed by atoms with Crippen LogP contribution in [0.1, 0.15) is 43.5 Å². The van der Waals surface area contributed by atoms with Crippen LogP contribution in [0.3, 0.4) is 0 Å². The van der Waals surface area contributed by atoms with E-state index in [2.05, 4.69) is 12.2 Å². The fourth-order valence-corrected chi connectivity index (χ4v) is 1.61. The number of hydrogen-bond acceptors (Lipinski definition) is 3. The zero-order valence-electron chi connectivity index (χ0n) is 11.7. The molecular weight excluding hydrogens is 242 g/mol. The Balaban J connectivity index is 2.49. The number of carbonyl (C=O) groups is 1. The van der Waals surface area contributed by atoms with Crippen LogP contribution < -0.4 is 10.1 Å². The van der Waals surface area contributed by atoms with Crippen molar-refractivity contribution >= 4 is 5.91 Å². The summed E-state index contributed by atoms with van der Waals surface area (Å²) in [5.41, 5.74) is 0.550. The molecule has 0 fully saturated rings. The first-order valence-corrected chi connectivity index (χ1v) is 6.82. The van der Waals surface area contributed by atoms with Gasteiger partial charge in [-0.2, -0.15) is 0 Å². The van der Waals surface area contributed by atoms with Gasteiger partial charge in [0.1, 0.15) is 5.75 Å². The molecule has 0 aromatic heterocycles. The molecule has 0 radical (unpaired) electrons. The Morgan fingerprint density at radius 3 is 2.89 bits per heavy atom. The molecule has 0 aliphatic rings. The van der Waals surface area contributed by atoms with Crippen LogP contribution in [-0.2, 0) is 0 Å². The molecule has 1 amide bonds. The average Bonchev–Trinajstić information content (AvgIpc) is 2.41. The number of aliphatic hydroxyl groups is 1. The molecule has 0 spiro atoms. The van der Waals surface area contributed by atoms with Crippen LogP contribution in [0.4, 0.5) is 0 Å². The van der Waals surface area contributed by atoms with E-state index in [0.29, 0.717) is 17.9 Å². The van der Waals surface area contributed by atoms with Crippen LogP contribution in [0.15, 0.2) is 24.3 Å². The van der Waals surface area contributed by atoms with Crippen molar-refractivity contribution in [1.82, 2.24) is 5.32 Å². The number of benzene rings is 1. The highest BCUT2D eigenvalue weighted by Gasteiger charge is 2.07. The summed E-state index contributed by atoms with van der Waals surface area (Å²) in [6.45, 7) is 4.70. The van der Waals surface area contributed by atoms with Gasteiger partial charge in [0.15, 0.2) is 0 Å². The summed E-state index contributed by atoms with van der Waals surface area (Å²) in [4.78, 5) is 11.8. The number of aliphatic hydroxyl groups excluding tert-OH is 1. The molecular formula is C15H23NO3. The van der Waals surface area contributed by atoms with Crippen molar-refractivity contribution in [1.29, 1.82) is 0 Å². The molecule has 2 N–H and O–H groups in total. The Hall–Kier alpha value is -1.55. The topological polar surface area (TPSA) is 58.6 Å². The Morgan fingerprint density at radius 1 is 1.42 bits per heavy atom. The Labute approximate surface area is 114 Å². The molecule has 1 aromatic carbocycles. The molecule has 0 saturated carbocycles. The minimum atomic E-state index is -0.544. The molecule has 0 heterocycles. The van der Waals surface area contributed by atoms with E-state index in [0.717, 1.165) is 19.3 Å². The first-order valence-electron chi connectivity index (χ1n) is 6.82. The fraction of sp³-hybridized carbons (Fsp3) is 0.533. The molecule has 1 rings (SSSR count). The van der Waals surface area contributed by atoms with Gasteiger partial charge in [0, 0.05) is 12.1 Å². The first-order chi connectivity index (χ1) is 9.13. The molecule has 1 atom stereocenters. The summed E-state index contributed by atoms with van der Waals surface area (Å²) in [6, 6.07) is 7.10. The normalized spacial score (nSPS) is 11.9. The molecule has 0 aliphatic heterocycles. The van der Waals surface area contributed by atoms with Gasteiger partial charge in [-0.25, -0.2) is 0 Å². The van der Waals surface area contributed by atoms with E-state index >= 15 is 0 Å². The molecule has 1 unspecified atom stereocenters. The van der Waals surface area contributed by atoms with Gasteiger partial charge in [0.25, 0.3) is 5.91 Å². The summed E-state index contributed by atoms with van der Waals surface area (Å²) in [5, 5.41) is 11.8. The monoisotopic (exact) mass is 265 g/mol. The smallest absolute Gasteiger partial charge is 0.251 e. The minimum absolute atomic E-state index is 0.195. The van der Waals surface area contributed by atoms with Crippen molar-refractivity contribution in [3.05, 3.63) is 29.8 Å². The molecule has 0 saturated heterocycles. The van der Waals surface area contributed by atoms with Crippen LogP contribution in [0.5, 0.6) is 5.75 Å². The lowest BCUT2D eigenvalue weighted by atomic mass is 10.2. The Morgan fingerprint density at radius 2 is 2.21 bits per heavy atom. The number of ether oxygens (including phenoxy) is 1. The van der Waals surface area contributed by atoms with Gasteiger partial charge in [0.05, 0.1) is 12.7 Å². The standard InChI is InChI=1S/C15H23NO3/c1-3-4-5-9-19-14-8-6-7-13(10-14)15(18)16-11-12(2)17/h6-8,10,12,17H,3-5,9,11H2,1-2H3,(H,16,18). The summed E-state index contributed by atoms with van der Waals surface area (Å²) >= 11 is 0. The van der Waals surface area contributed by atoms with Crippen molar-refractivity contribution in [2.75, 3.05) is 13.2 Å². The lowest BCUT2D eigenvalue weighted by molar-refractivity contribution is 0.0923. The maximum absolute atomic E-state index is 11.8. The van der Waals surface area contributed by atoms with E-state index in [1.165, 1.54) is 0 Å². The van der Waals surface area contributed by atoms with Gasteiger partial charge in [-0.3, -0.25) is 4.79 Å². The van der Waals surface area contributed by atoms with Gasteiger partial charge >= 0.3 is 0 Å². The van der Waals surface area contributed by atoms with Crippen LogP contribution in [0, 0.1) is 0 Å². The molecule has 4 heteroatoms. The average molecular weight is 265 g/mol. The predicted molar refractivity (Wildman–Crippen MR) is 75.5 cm³/mol. The van der Waals surface area contributed by atoms with Gasteiger partial charge < -0.3 is 15.2 Å². The molecule has 4 nitrogen and oxygen atoms in total. The van der Waals surface area contributed by atoms with Crippen molar-refractivity contribution in [2.45, 2.75) is 39.2 Å². The fourth-order valence-electron chi connectivity index (χ4n) is 1.61. The third-order valence-electron chi connectivity index (χ3n) is 2.67. The summed E-state index contributed by atoms with van der Waals surface area (Å²) < 4.78 is 5.60. The number of carbonyl (C=O) groups excluding carboxylic acids is 1. The first kappa shape index (κ1) is 15.5. The van der Waals surface area contributed by atoms with E-state index in [1.54, 1.807) is 25.1 Å². The quantitative estimate of drug-likeness (QED) is 0.709. The highest BCUT2D eigenvalue weighted by atomic mass is 16.5. The third kappa shape index (κ3) is 6.25. The second-order valence-corrected chi connectivity index (χ2v) is 4.64. The van der Waals surface area contributed by atoms with Crippen molar-refractivity contribution in [3.8, 4) is 5.75 Å². The van der Waals surface area contributed by atoms with Crippen molar-refractivity contribution in [3.63, 3.8) is 0 Å². The van der Waals surface area contributed by atoms with E-state index in [-0.39, 0.29) is 12.5 Å². The molecule has 0 aliphatic carbocycles. The zero-order chi connectivity index (χ0) is 14.1. The minimum Gasteiger partial charge on any atom is -0.494 e.